The van der Waals surface area contributed by atoms with E-state index in [1.54, 1.807) is 0 Å². The van der Waals surface area contributed by atoms with Gasteiger partial charge in [0.25, 0.3) is 5.91 Å². The van der Waals surface area contributed by atoms with Gasteiger partial charge >= 0.3 is 12.8 Å². The number of hydrogen-bond donors (Lipinski definition) is 2. The number of carbonyl (C=O) groups excluding carboxylic acids is 1. The monoisotopic (exact) mass is 501 g/mol. The summed E-state index contributed by atoms with van der Waals surface area (Å²) in [7, 11) is 1.45. The number of hydrogen-bond acceptors (Lipinski definition) is 7. The van der Waals surface area contributed by atoms with Crippen LogP contribution in [0.3, 0.4) is 0 Å². The van der Waals surface area contributed by atoms with Crippen molar-refractivity contribution in [3.05, 3.63) is 95.6 Å². The number of nitrogens with one attached hydrogen (secondary N) is 1. The van der Waals surface area contributed by atoms with Crippen molar-refractivity contribution < 1.29 is 33.0 Å². The standard InChI is InChI=1S/C24H24NO7PS/c1-30-21-13-12-20(24(28)25-15-23(26)27)14-22(21)34-33(29,31-16-18-8-4-2-5-9-18)32-17-19-10-6-3-7-11-19/h2-14H,15-17H2,1H3,(H,25,28)(H,26,27). The first-order chi connectivity index (χ1) is 16.4. The number of rotatable bonds is 12. The lowest BCUT2D eigenvalue weighted by atomic mass is 10.2. The van der Waals surface area contributed by atoms with Gasteiger partial charge in [-0.15, -0.1) is 0 Å². The van der Waals surface area contributed by atoms with Crippen LogP contribution < -0.4 is 10.1 Å². The largest absolute Gasteiger partial charge is 0.496 e. The Morgan fingerprint density at radius 2 is 1.47 bits per heavy atom. The van der Waals surface area contributed by atoms with Crippen molar-refractivity contribution >= 4 is 30.1 Å². The number of amides is 1. The highest BCUT2D eigenvalue weighted by atomic mass is 32.7. The van der Waals surface area contributed by atoms with Crippen LogP contribution in [0, 0.1) is 0 Å². The van der Waals surface area contributed by atoms with Crippen molar-refractivity contribution in [2.24, 2.45) is 0 Å². The molecule has 0 spiro atoms. The van der Waals surface area contributed by atoms with Gasteiger partial charge in [0.2, 0.25) is 0 Å². The predicted octanol–water partition coefficient (Wildman–Crippen LogP) is 5.14. The van der Waals surface area contributed by atoms with E-state index in [0.29, 0.717) is 10.6 Å². The van der Waals surface area contributed by atoms with Crippen LogP contribution >= 0.6 is 18.2 Å². The van der Waals surface area contributed by atoms with Gasteiger partial charge in [-0.2, -0.15) is 0 Å². The third-order valence-corrected chi connectivity index (χ3v) is 8.02. The Morgan fingerprint density at radius 3 is 1.97 bits per heavy atom. The van der Waals surface area contributed by atoms with Crippen LogP contribution in [0.15, 0.2) is 83.8 Å². The van der Waals surface area contributed by atoms with Gasteiger partial charge in [0, 0.05) is 5.56 Å². The molecule has 3 aromatic carbocycles. The minimum atomic E-state index is -3.78. The molecule has 0 radical (unpaired) electrons. The van der Waals surface area contributed by atoms with E-state index >= 15 is 0 Å². The molecule has 0 aliphatic rings. The molecular formula is C24H24NO7PS. The SMILES string of the molecule is COc1ccc(C(=O)NCC(=O)O)cc1SP(=O)(OCc1ccccc1)OCc1ccccc1. The summed E-state index contributed by atoms with van der Waals surface area (Å²) in [6, 6.07) is 23.0. The molecule has 178 valence electrons. The van der Waals surface area contributed by atoms with Crippen molar-refractivity contribution in [2.75, 3.05) is 13.7 Å². The van der Waals surface area contributed by atoms with E-state index in [1.807, 2.05) is 60.7 Å². The Labute approximate surface area is 201 Å². The molecule has 0 aromatic heterocycles. The fourth-order valence-corrected chi connectivity index (χ4v) is 6.05. The van der Waals surface area contributed by atoms with E-state index in [4.69, 9.17) is 18.9 Å². The lowest BCUT2D eigenvalue weighted by Gasteiger charge is -2.19. The Morgan fingerprint density at radius 1 is 0.912 bits per heavy atom. The maximum absolute atomic E-state index is 13.8. The third kappa shape index (κ3) is 7.74. The molecule has 0 unspecified atom stereocenters. The highest BCUT2D eigenvalue weighted by Gasteiger charge is 2.29. The lowest BCUT2D eigenvalue weighted by molar-refractivity contribution is -0.135. The number of carboxylic acid groups (broad SMARTS) is 1. The van der Waals surface area contributed by atoms with E-state index in [0.717, 1.165) is 22.5 Å². The van der Waals surface area contributed by atoms with Crippen molar-refractivity contribution in [1.29, 1.82) is 0 Å². The van der Waals surface area contributed by atoms with E-state index in [2.05, 4.69) is 5.32 Å². The molecule has 0 atom stereocenters. The van der Waals surface area contributed by atoms with Crippen LogP contribution in [0.4, 0.5) is 0 Å². The van der Waals surface area contributed by atoms with Gasteiger partial charge in [-0.05, 0) is 40.7 Å². The molecule has 0 bridgehead atoms. The summed E-state index contributed by atoms with van der Waals surface area (Å²) in [5, 5.41) is 11.1. The fraction of sp³-hybridized carbons (Fsp3) is 0.167. The van der Waals surface area contributed by atoms with Crippen molar-refractivity contribution in [3.63, 3.8) is 0 Å². The first-order valence-corrected chi connectivity index (χ1v) is 13.2. The molecule has 0 aliphatic carbocycles. The molecule has 2 N–H and O–H groups in total. The van der Waals surface area contributed by atoms with E-state index in [1.165, 1.54) is 25.3 Å². The summed E-state index contributed by atoms with van der Waals surface area (Å²) >= 11 is 0.826. The third-order valence-electron chi connectivity index (χ3n) is 4.50. The second kappa shape index (κ2) is 12.4. The summed E-state index contributed by atoms with van der Waals surface area (Å²) in [5.41, 5.74) is 1.82. The highest BCUT2D eigenvalue weighted by molar-refractivity contribution is 8.55. The Balaban J connectivity index is 1.84. The second-order valence-corrected chi connectivity index (χ2v) is 10.9. The molecule has 0 fully saturated rings. The van der Waals surface area contributed by atoms with Crippen molar-refractivity contribution in [2.45, 2.75) is 18.1 Å². The zero-order valence-corrected chi connectivity index (χ0v) is 20.1. The second-order valence-electron chi connectivity index (χ2n) is 7.00. The van der Waals surface area contributed by atoms with Gasteiger partial charge in [-0.3, -0.25) is 18.6 Å². The molecule has 8 nitrogen and oxygen atoms in total. The molecule has 3 rings (SSSR count). The first kappa shape index (κ1) is 25.5. The first-order valence-electron chi connectivity index (χ1n) is 10.2. The quantitative estimate of drug-likeness (QED) is 0.328. The number of benzene rings is 3. The van der Waals surface area contributed by atoms with Gasteiger partial charge in [0.1, 0.15) is 12.3 Å². The minimum Gasteiger partial charge on any atom is -0.496 e. The van der Waals surface area contributed by atoms with Crippen LogP contribution in [0.2, 0.25) is 0 Å². The average molecular weight is 501 g/mol. The number of methoxy groups -OCH3 is 1. The van der Waals surface area contributed by atoms with Gasteiger partial charge in [0.15, 0.2) is 0 Å². The summed E-state index contributed by atoms with van der Waals surface area (Å²) in [4.78, 5) is 23.4. The molecule has 0 aliphatic heterocycles. The Hall–Kier alpha value is -3.10. The van der Waals surface area contributed by atoms with Crippen LogP contribution in [-0.4, -0.2) is 30.6 Å². The number of carboxylic acids is 1. The molecular weight excluding hydrogens is 477 g/mol. The predicted molar refractivity (Wildman–Crippen MR) is 129 cm³/mol. The van der Waals surface area contributed by atoms with E-state index < -0.39 is 25.2 Å². The highest BCUT2D eigenvalue weighted by Crippen LogP contribution is 2.65. The Bertz CT molecular complexity index is 1110. The summed E-state index contributed by atoms with van der Waals surface area (Å²) in [6.45, 7) is -4.19. The molecule has 0 saturated heterocycles. The number of carbonyl (C=O) groups is 2. The zero-order valence-electron chi connectivity index (χ0n) is 18.4. The molecule has 34 heavy (non-hydrogen) atoms. The van der Waals surface area contributed by atoms with E-state index in [-0.39, 0.29) is 18.8 Å². The summed E-state index contributed by atoms with van der Waals surface area (Å²) < 4.78 is 30.7. The molecule has 1 amide bonds. The van der Waals surface area contributed by atoms with Gasteiger partial charge < -0.3 is 15.2 Å². The van der Waals surface area contributed by atoms with E-state index in [9.17, 15) is 14.2 Å². The average Bonchev–Trinajstić information content (AvgIpc) is 2.86. The van der Waals surface area contributed by atoms with Gasteiger partial charge in [-0.25, -0.2) is 4.57 Å². The van der Waals surface area contributed by atoms with Gasteiger partial charge in [0.05, 0.1) is 25.2 Å². The van der Waals surface area contributed by atoms with Crippen LogP contribution in [-0.2, 0) is 31.6 Å². The number of ether oxygens (including phenoxy) is 1. The normalized spacial score (nSPS) is 11.1. The molecule has 3 aromatic rings. The van der Waals surface area contributed by atoms with Gasteiger partial charge in [-0.1, -0.05) is 60.7 Å². The molecule has 10 heteroatoms. The summed E-state index contributed by atoms with van der Waals surface area (Å²) in [6.07, 6.45) is 0. The van der Waals surface area contributed by atoms with Crippen LogP contribution in [0.25, 0.3) is 0 Å². The summed E-state index contributed by atoms with van der Waals surface area (Å²) in [5.74, 6) is -1.38. The number of aliphatic carboxylic acids is 1. The maximum Gasteiger partial charge on any atom is 0.394 e. The Kier molecular flexibility index (Phi) is 9.30. The molecule has 0 heterocycles. The lowest BCUT2D eigenvalue weighted by Crippen LogP contribution is -2.29. The van der Waals surface area contributed by atoms with Crippen molar-refractivity contribution in [1.82, 2.24) is 5.32 Å². The minimum absolute atomic E-state index is 0.0566. The molecule has 0 saturated carbocycles. The zero-order chi connectivity index (χ0) is 24.4. The maximum atomic E-state index is 13.8. The van der Waals surface area contributed by atoms with Crippen LogP contribution in [0.5, 0.6) is 5.75 Å². The van der Waals surface area contributed by atoms with Crippen LogP contribution in [0.1, 0.15) is 21.5 Å². The smallest absolute Gasteiger partial charge is 0.394 e. The topological polar surface area (TPSA) is 111 Å². The van der Waals surface area contributed by atoms with Crippen molar-refractivity contribution in [3.8, 4) is 5.75 Å². The fourth-order valence-electron chi connectivity index (χ4n) is 2.81.